The first kappa shape index (κ1) is 19.9. The van der Waals surface area contributed by atoms with Gasteiger partial charge in [-0.25, -0.2) is 0 Å². The summed E-state index contributed by atoms with van der Waals surface area (Å²) in [6, 6.07) is 24.2. The standard InChI is InChI=1S/C25H16N6O2/c26-13-18-14-27-30-24(18)31-29-22-20-8-4-3-7-17(20)12-21(23(22)32)25(33)28-19-10-9-15-5-1-2-6-16(15)11-19/h1-12,14,32H,(H,27,30)(H,28,33)/b31-29+. The zero-order valence-corrected chi connectivity index (χ0v) is 17.1. The molecule has 8 nitrogen and oxygen atoms in total. The van der Waals surface area contributed by atoms with Crippen LogP contribution in [0, 0.1) is 11.3 Å². The minimum absolute atomic E-state index is 0.0564. The number of aromatic hydroxyl groups is 1. The summed E-state index contributed by atoms with van der Waals surface area (Å²) in [4.78, 5) is 13.1. The second kappa shape index (κ2) is 8.24. The number of nitriles is 1. The fourth-order valence-corrected chi connectivity index (χ4v) is 3.59. The van der Waals surface area contributed by atoms with E-state index in [2.05, 4.69) is 25.7 Å². The maximum Gasteiger partial charge on any atom is 0.259 e. The molecule has 0 bridgehead atoms. The summed E-state index contributed by atoms with van der Waals surface area (Å²) in [5.41, 5.74) is 0.995. The number of hydrogen-bond donors (Lipinski definition) is 3. The number of phenols is 1. The Bertz CT molecular complexity index is 1600. The van der Waals surface area contributed by atoms with E-state index in [4.69, 9.17) is 5.26 Å². The Morgan fingerprint density at radius 3 is 2.55 bits per heavy atom. The zero-order chi connectivity index (χ0) is 22.8. The van der Waals surface area contributed by atoms with E-state index in [1.54, 1.807) is 24.3 Å². The zero-order valence-electron chi connectivity index (χ0n) is 17.1. The SMILES string of the molecule is N#Cc1cn[nH]c1/N=N/c1c(O)c(C(=O)Nc2ccc3ccccc3c2)cc2ccccc12. The minimum atomic E-state index is -0.482. The van der Waals surface area contributed by atoms with Crippen LogP contribution in [0.5, 0.6) is 5.75 Å². The van der Waals surface area contributed by atoms with Gasteiger partial charge in [0.05, 0.1) is 11.8 Å². The number of carbonyl (C=O) groups is 1. The number of anilines is 1. The number of fused-ring (bicyclic) bond motifs is 2. The largest absolute Gasteiger partial charge is 0.505 e. The molecule has 0 unspecified atom stereocenters. The summed E-state index contributed by atoms with van der Waals surface area (Å²) in [7, 11) is 0. The Hall–Kier alpha value is -5.03. The molecular weight excluding hydrogens is 416 g/mol. The lowest BCUT2D eigenvalue weighted by Crippen LogP contribution is -2.12. The molecule has 5 rings (SSSR count). The molecule has 0 radical (unpaired) electrons. The Morgan fingerprint density at radius 2 is 1.73 bits per heavy atom. The lowest BCUT2D eigenvalue weighted by atomic mass is 10.0. The van der Waals surface area contributed by atoms with Crippen molar-refractivity contribution in [2.75, 3.05) is 5.32 Å². The van der Waals surface area contributed by atoms with Gasteiger partial charge < -0.3 is 10.4 Å². The van der Waals surface area contributed by atoms with E-state index >= 15 is 0 Å². The molecule has 0 saturated heterocycles. The lowest BCUT2D eigenvalue weighted by Gasteiger charge is -2.11. The summed E-state index contributed by atoms with van der Waals surface area (Å²) in [5.74, 6) is -0.634. The lowest BCUT2D eigenvalue weighted by molar-refractivity contribution is 0.102. The van der Waals surface area contributed by atoms with Crippen molar-refractivity contribution < 1.29 is 9.90 Å². The second-order valence-electron chi connectivity index (χ2n) is 7.30. The number of nitrogens with zero attached hydrogens (tertiary/aromatic N) is 4. The Kier molecular flexibility index (Phi) is 4.97. The van der Waals surface area contributed by atoms with Crippen LogP contribution >= 0.6 is 0 Å². The van der Waals surface area contributed by atoms with Crippen LogP contribution in [0.3, 0.4) is 0 Å². The van der Waals surface area contributed by atoms with Crippen molar-refractivity contribution in [2.24, 2.45) is 10.2 Å². The van der Waals surface area contributed by atoms with E-state index in [-0.39, 0.29) is 28.4 Å². The van der Waals surface area contributed by atoms with E-state index in [1.165, 1.54) is 6.20 Å². The monoisotopic (exact) mass is 432 g/mol. The number of H-pyrrole nitrogens is 1. The van der Waals surface area contributed by atoms with Gasteiger partial charge in [0, 0.05) is 11.1 Å². The summed E-state index contributed by atoms with van der Waals surface area (Å²) in [5, 5.41) is 40.8. The van der Waals surface area contributed by atoms with Gasteiger partial charge in [0.2, 0.25) is 0 Å². The van der Waals surface area contributed by atoms with Crippen molar-refractivity contribution in [2.45, 2.75) is 0 Å². The van der Waals surface area contributed by atoms with E-state index in [0.29, 0.717) is 16.5 Å². The molecule has 0 aliphatic rings. The van der Waals surface area contributed by atoms with Gasteiger partial charge in [0.15, 0.2) is 11.6 Å². The first-order valence-corrected chi connectivity index (χ1v) is 10.0. The Labute approximate surface area is 187 Å². The smallest absolute Gasteiger partial charge is 0.259 e. The van der Waals surface area contributed by atoms with E-state index in [1.807, 2.05) is 54.6 Å². The van der Waals surface area contributed by atoms with Crippen LogP contribution in [0.4, 0.5) is 17.2 Å². The highest BCUT2D eigenvalue weighted by Gasteiger charge is 2.19. The number of benzene rings is 4. The number of phenolic OH excluding ortho intramolecular Hbond substituents is 1. The van der Waals surface area contributed by atoms with Gasteiger partial charge in [-0.05, 0) is 34.4 Å². The molecule has 5 aromatic rings. The first-order valence-electron chi connectivity index (χ1n) is 10.0. The number of azo groups is 1. The molecule has 1 amide bonds. The quantitative estimate of drug-likeness (QED) is 0.303. The van der Waals surface area contributed by atoms with Crippen LogP contribution in [0.2, 0.25) is 0 Å². The average molecular weight is 432 g/mol. The van der Waals surface area contributed by atoms with Crippen molar-refractivity contribution in [1.82, 2.24) is 10.2 Å². The van der Waals surface area contributed by atoms with E-state index in [0.717, 1.165) is 10.8 Å². The highest BCUT2D eigenvalue weighted by Crippen LogP contribution is 2.39. The van der Waals surface area contributed by atoms with Gasteiger partial charge in [-0.3, -0.25) is 9.89 Å². The maximum atomic E-state index is 13.1. The van der Waals surface area contributed by atoms with Crippen LogP contribution in [0.15, 0.2) is 89.2 Å². The third-order valence-corrected chi connectivity index (χ3v) is 5.24. The molecule has 3 N–H and O–H groups in total. The highest BCUT2D eigenvalue weighted by molar-refractivity contribution is 6.12. The van der Waals surface area contributed by atoms with Crippen molar-refractivity contribution in [3.63, 3.8) is 0 Å². The fraction of sp³-hybridized carbons (Fsp3) is 0. The van der Waals surface area contributed by atoms with Gasteiger partial charge >= 0.3 is 0 Å². The minimum Gasteiger partial charge on any atom is -0.505 e. The predicted octanol–water partition coefficient (Wildman–Crippen LogP) is 5.96. The summed E-state index contributed by atoms with van der Waals surface area (Å²) >= 11 is 0. The van der Waals surface area contributed by atoms with E-state index < -0.39 is 5.91 Å². The molecule has 1 heterocycles. The van der Waals surface area contributed by atoms with Gasteiger partial charge in [0.1, 0.15) is 17.3 Å². The van der Waals surface area contributed by atoms with Crippen molar-refractivity contribution in [3.8, 4) is 11.8 Å². The van der Waals surface area contributed by atoms with Crippen LogP contribution in [0.25, 0.3) is 21.5 Å². The third-order valence-electron chi connectivity index (χ3n) is 5.24. The normalized spacial score (nSPS) is 11.1. The number of nitrogens with one attached hydrogen (secondary N) is 2. The van der Waals surface area contributed by atoms with Crippen LogP contribution < -0.4 is 5.32 Å². The van der Waals surface area contributed by atoms with Crippen LogP contribution in [0.1, 0.15) is 15.9 Å². The molecule has 33 heavy (non-hydrogen) atoms. The topological polar surface area (TPSA) is 127 Å². The Balaban J connectivity index is 1.55. The molecule has 0 fully saturated rings. The molecule has 8 heteroatoms. The number of amides is 1. The maximum absolute atomic E-state index is 13.1. The van der Waals surface area contributed by atoms with Gasteiger partial charge in [-0.2, -0.15) is 10.4 Å². The number of hydrogen-bond acceptors (Lipinski definition) is 6. The van der Waals surface area contributed by atoms with Crippen molar-refractivity contribution >= 4 is 44.6 Å². The van der Waals surface area contributed by atoms with Crippen LogP contribution in [-0.2, 0) is 0 Å². The van der Waals surface area contributed by atoms with Gasteiger partial charge in [-0.15, -0.1) is 10.2 Å². The Morgan fingerprint density at radius 1 is 0.970 bits per heavy atom. The third kappa shape index (κ3) is 3.75. The van der Waals surface area contributed by atoms with Crippen LogP contribution in [-0.4, -0.2) is 21.2 Å². The molecule has 0 saturated carbocycles. The molecule has 0 aliphatic heterocycles. The number of carbonyl (C=O) groups excluding carboxylic acids is 1. The molecule has 4 aromatic carbocycles. The van der Waals surface area contributed by atoms with E-state index in [9.17, 15) is 9.90 Å². The average Bonchev–Trinajstić information content (AvgIpc) is 3.30. The first-order chi connectivity index (χ1) is 16.1. The number of aromatic amines is 1. The number of rotatable bonds is 4. The molecule has 0 atom stereocenters. The van der Waals surface area contributed by atoms with Crippen molar-refractivity contribution in [1.29, 1.82) is 5.26 Å². The summed E-state index contributed by atoms with van der Waals surface area (Å²) in [6.07, 6.45) is 1.33. The summed E-state index contributed by atoms with van der Waals surface area (Å²) < 4.78 is 0. The summed E-state index contributed by atoms with van der Waals surface area (Å²) in [6.45, 7) is 0. The molecular formula is C25H16N6O2. The second-order valence-corrected chi connectivity index (χ2v) is 7.30. The predicted molar refractivity (Wildman–Crippen MR) is 125 cm³/mol. The van der Waals surface area contributed by atoms with Crippen molar-refractivity contribution in [3.05, 3.63) is 90.1 Å². The van der Waals surface area contributed by atoms with Gasteiger partial charge in [0.25, 0.3) is 5.91 Å². The highest BCUT2D eigenvalue weighted by atomic mass is 16.3. The van der Waals surface area contributed by atoms with Gasteiger partial charge in [-0.1, -0.05) is 54.6 Å². The molecule has 1 aromatic heterocycles. The fourth-order valence-electron chi connectivity index (χ4n) is 3.59. The molecule has 0 aliphatic carbocycles. The molecule has 158 valence electrons. The number of aromatic nitrogens is 2. The molecule has 0 spiro atoms.